The highest BCUT2D eigenvalue weighted by Crippen LogP contribution is 2.25. The predicted molar refractivity (Wildman–Crippen MR) is 112 cm³/mol. The summed E-state index contributed by atoms with van der Waals surface area (Å²) in [6.45, 7) is 3.99. The highest BCUT2D eigenvalue weighted by Gasteiger charge is 2.35. The van der Waals surface area contributed by atoms with E-state index in [1.54, 1.807) is 16.7 Å². The maximum absolute atomic E-state index is 12.9. The first-order valence-corrected chi connectivity index (χ1v) is 10.4. The van der Waals surface area contributed by atoms with Crippen LogP contribution in [0.15, 0.2) is 42.5 Å². The van der Waals surface area contributed by atoms with Gasteiger partial charge in [-0.05, 0) is 31.5 Å². The zero-order valence-electron chi connectivity index (χ0n) is 15.9. The van der Waals surface area contributed by atoms with Gasteiger partial charge in [-0.2, -0.15) is 5.10 Å². The lowest BCUT2D eigenvalue weighted by Gasteiger charge is -2.23. The zero-order chi connectivity index (χ0) is 19.7. The Morgan fingerprint density at radius 1 is 1.25 bits per heavy atom. The second-order valence-corrected chi connectivity index (χ2v) is 8.08. The number of rotatable bonds is 4. The Kier molecular flexibility index (Phi) is 5.09. The summed E-state index contributed by atoms with van der Waals surface area (Å²) in [4.78, 5) is 27.4. The number of aromatic nitrogens is 2. The van der Waals surface area contributed by atoms with Crippen LogP contribution >= 0.6 is 11.8 Å². The van der Waals surface area contributed by atoms with Gasteiger partial charge in [0.2, 0.25) is 11.8 Å². The molecule has 6 nitrogen and oxygen atoms in total. The lowest BCUT2D eigenvalue weighted by molar-refractivity contribution is -0.135. The minimum Gasteiger partial charge on any atom is -0.324 e. The summed E-state index contributed by atoms with van der Waals surface area (Å²) in [5.41, 5.74) is 4.58. The van der Waals surface area contributed by atoms with Gasteiger partial charge < -0.3 is 10.2 Å². The molecule has 1 saturated heterocycles. The standard InChI is InChI=1S/C21H22N4O2S/c1-13-7-8-16(14(2)9-13)22-21(27)19-11-28-12-25(19)20(26)10-18-15-5-3-4-6-17(15)23-24-18/h3-9,19H,10-12H2,1-2H3,(H,22,27)(H,23,24). The van der Waals surface area contributed by atoms with E-state index in [-0.39, 0.29) is 18.2 Å². The SMILES string of the molecule is Cc1ccc(NC(=O)C2CSCN2C(=O)Cc2[nH]nc3ccccc23)c(C)c1. The van der Waals surface area contributed by atoms with Gasteiger partial charge in [0, 0.05) is 16.8 Å². The normalized spacial score (nSPS) is 16.5. The van der Waals surface area contributed by atoms with Gasteiger partial charge in [0.15, 0.2) is 0 Å². The van der Waals surface area contributed by atoms with Crippen LogP contribution in [0.3, 0.4) is 0 Å². The van der Waals surface area contributed by atoms with E-state index in [0.717, 1.165) is 33.4 Å². The second-order valence-electron chi connectivity index (χ2n) is 7.08. The Morgan fingerprint density at radius 2 is 2.07 bits per heavy atom. The molecule has 1 aliphatic heterocycles. The topological polar surface area (TPSA) is 78.1 Å². The van der Waals surface area contributed by atoms with E-state index in [4.69, 9.17) is 0 Å². The number of hydrogen-bond acceptors (Lipinski definition) is 4. The van der Waals surface area contributed by atoms with Gasteiger partial charge >= 0.3 is 0 Å². The summed E-state index contributed by atoms with van der Waals surface area (Å²) in [6.07, 6.45) is 0.203. The van der Waals surface area contributed by atoms with Crippen molar-refractivity contribution in [2.75, 3.05) is 16.9 Å². The van der Waals surface area contributed by atoms with Crippen molar-refractivity contribution < 1.29 is 9.59 Å². The molecule has 0 aliphatic carbocycles. The number of fused-ring (bicyclic) bond motifs is 1. The average Bonchev–Trinajstić information content (AvgIpc) is 3.32. The number of carbonyl (C=O) groups excluding carboxylic acids is 2. The van der Waals surface area contributed by atoms with Gasteiger partial charge in [-0.25, -0.2) is 0 Å². The van der Waals surface area contributed by atoms with E-state index >= 15 is 0 Å². The summed E-state index contributed by atoms with van der Waals surface area (Å²) in [6, 6.07) is 13.2. The van der Waals surface area contributed by atoms with Gasteiger partial charge in [-0.15, -0.1) is 11.8 Å². The van der Waals surface area contributed by atoms with Crippen LogP contribution in [-0.2, 0) is 16.0 Å². The van der Waals surface area contributed by atoms with Crippen LogP contribution in [-0.4, -0.2) is 44.6 Å². The van der Waals surface area contributed by atoms with Crippen molar-refractivity contribution in [1.82, 2.24) is 15.1 Å². The Hall–Kier alpha value is -2.80. The molecule has 1 fully saturated rings. The monoisotopic (exact) mass is 394 g/mol. The number of amides is 2. The van der Waals surface area contributed by atoms with E-state index in [0.29, 0.717) is 11.6 Å². The maximum atomic E-state index is 12.9. The molecule has 1 aliphatic rings. The van der Waals surface area contributed by atoms with Crippen molar-refractivity contribution in [3.8, 4) is 0 Å². The van der Waals surface area contributed by atoms with Crippen molar-refractivity contribution in [2.24, 2.45) is 0 Å². The minimum absolute atomic E-state index is 0.0693. The molecule has 3 aromatic rings. The van der Waals surface area contributed by atoms with Crippen molar-refractivity contribution in [3.63, 3.8) is 0 Å². The van der Waals surface area contributed by atoms with E-state index in [1.807, 2.05) is 56.3 Å². The number of H-pyrrole nitrogens is 1. The number of thioether (sulfide) groups is 1. The largest absolute Gasteiger partial charge is 0.324 e. The van der Waals surface area contributed by atoms with Crippen molar-refractivity contribution in [1.29, 1.82) is 0 Å². The summed E-state index contributed by atoms with van der Waals surface area (Å²) in [5.74, 6) is 0.919. The number of aromatic amines is 1. The van der Waals surface area contributed by atoms with Crippen LogP contribution in [0.4, 0.5) is 5.69 Å². The molecule has 0 bridgehead atoms. The molecule has 2 N–H and O–H groups in total. The van der Waals surface area contributed by atoms with Gasteiger partial charge in [0.05, 0.1) is 23.5 Å². The van der Waals surface area contributed by atoms with Crippen molar-refractivity contribution >= 4 is 40.2 Å². The number of para-hydroxylation sites is 1. The average molecular weight is 395 g/mol. The maximum Gasteiger partial charge on any atom is 0.248 e. The van der Waals surface area contributed by atoms with Crippen molar-refractivity contribution in [2.45, 2.75) is 26.3 Å². The van der Waals surface area contributed by atoms with Crippen LogP contribution in [0, 0.1) is 13.8 Å². The molecular weight excluding hydrogens is 372 g/mol. The number of anilines is 1. The van der Waals surface area contributed by atoms with Crippen LogP contribution in [0.1, 0.15) is 16.8 Å². The molecule has 28 heavy (non-hydrogen) atoms. The van der Waals surface area contributed by atoms with E-state index in [2.05, 4.69) is 15.5 Å². The molecule has 0 spiro atoms. The van der Waals surface area contributed by atoms with Crippen molar-refractivity contribution in [3.05, 3.63) is 59.3 Å². The third-order valence-electron chi connectivity index (χ3n) is 5.01. The summed E-state index contributed by atoms with van der Waals surface area (Å²) in [5, 5.41) is 11.1. The molecular formula is C21H22N4O2S. The highest BCUT2D eigenvalue weighted by molar-refractivity contribution is 7.99. The molecule has 1 atom stereocenters. The van der Waals surface area contributed by atoms with Gasteiger partial charge in [-0.1, -0.05) is 35.9 Å². The molecule has 2 heterocycles. The van der Waals surface area contributed by atoms with Crippen LogP contribution < -0.4 is 5.32 Å². The minimum atomic E-state index is -0.465. The smallest absolute Gasteiger partial charge is 0.248 e. The Morgan fingerprint density at radius 3 is 2.89 bits per heavy atom. The summed E-state index contributed by atoms with van der Waals surface area (Å²) in [7, 11) is 0. The van der Waals surface area contributed by atoms with Crippen LogP contribution in [0.25, 0.3) is 10.9 Å². The Labute approximate surface area is 167 Å². The lowest BCUT2D eigenvalue weighted by atomic mass is 10.1. The predicted octanol–water partition coefficient (Wildman–Crippen LogP) is 3.26. The molecule has 1 unspecified atom stereocenters. The molecule has 2 aromatic carbocycles. The number of carbonyl (C=O) groups is 2. The zero-order valence-corrected chi connectivity index (χ0v) is 16.7. The molecule has 1 aromatic heterocycles. The molecule has 0 saturated carbocycles. The first kappa shape index (κ1) is 18.6. The summed E-state index contributed by atoms with van der Waals surface area (Å²) >= 11 is 1.60. The number of nitrogens with zero attached hydrogens (tertiary/aromatic N) is 2. The fourth-order valence-electron chi connectivity index (χ4n) is 3.48. The third kappa shape index (κ3) is 3.62. The first-order valence-electron chi connectivity index (χ1n) is 9.20. The number of hydrogen-bond donors (Lipinski definition) is 2. The van der Waals surface area contributed by atoms with Gasteiger partial charge in [-0.3, -0.25) is 14.7 Å². The van der Waals surface area contributed by atoms with E-state index in [1.165, 1.54) is 0 Å². The fraction of sp³-hybridized carbons (Fsp3) is 0.286. The quantitative estimate of drug-likeness (QED) is 0.712. The molecule has 4 rings (SSSR count). The molecule has 0 radical (unpaired) electrons. The van der Waals surface area contributed by atoms with E-state index in [9.17, 15) is 9.59 Å². The molecule has 7 heteroatoms. The molecule has 2 amide bonds. The Bertz CT molecular complexity index is 1050. The van der Waals surface area contributed by atoms with Crippen LogP contribution in [0.2, 0.25) is 0 Å². The second kappa shape index (κ2) is 7.67. The Balaban J connectivity index is 1.48. The van der Waals surface area contributed by atoms with Gasteiger partial charge in [0.25, 0.3) is 0 Å². The number of benzene rings is 2. The van der Waals surface area contributed by atoms with Crippen LogP contribution in [0.5, 0.6) is 0 Å². The number of aryl methyl sites for hydroxylation is 2. The first-order chi connectivity index (χ1) is 13.5. The van der Waals surface area contributed by atoms with E-state index < -0.39 is 6.04 Å². The fourth-order valence-corrected chi connectivity index (χ4v) is 4.66. The summed E-state index contributed by atoms with van der Waals surface area (Å²) < 4.78 is 0. The molecule has 144 valence electrons. The number of nitrogens with one attached hydrogen (secondary N) is 2. The lowest BCUT2D eigenvalue weighted by Crippen LogP contribution is -2.45. The third-order valence-corrected chi connectivity index (χ3v) is 6.03. The highest BCUT2D eigenvalue weighted by atomic mass is 32.2. The van der Waals surface area contributed by atoms with Gasteiger partial charge in [0.1, 0.15) is 6.04 Å².